The van der Waals surface area contributed by atoms with E-state index in [1.165, 1.54) is 0 Å². The fourth-order valence-electron chi connectivity index (χ4n) is 1.22. The molecule has 0 aliphatic carbocycles. The Bertz CT molecular complexity index is 472. The molecule has 0 bridgehead atoms. The van der Waals surface area contributed by atoms with Gasteiger partial charge in [0.05, 0.1) is 16.2 Å². The molecule has 0 aliphatic rings. The molecule has 3 nitrogen and oxygen atoms in total. The molecule has 0 aromatic heterocycles. The van der Waals surface area contributed by atoms with Crippen molar-refractivity contribution in [1.82, 2.24) is 0 Å². The van der Waals surface area contributed by atoms with Gasteiger partial charge in [-0.2, -0.15) is 0 Å². The van der Waals surface area contributed by atoms with Crippen LogP contribution in [-0.2, 0) is 4.79 Å². The number of hydrogen-bond acceptors (Lipinski definition) is 2. The predicted octanol–water partition coefficient (Wildman–Crippen LogP) is 3.04. The van der Waals surface area contributed by atoms with Gasteiger partial charge < -0.3 is 11.1 Å². The minimum absolute atomic E-state index is 0.00174. The third-order valence-electron chi connectivity index (χ3n) is 2.48. The first-order valence-corrected chi connectivity index (χ1v) is 6.13. The highest BCUT2D eigenvalue weighted by atomic mass is 79.9. The van der Waals surface area contributed by atoms with Crippen LogP contribution in [0.2, 0.25) is 0 Å². The molecule has 100 valence electrons. The summed E-state index contributed by atoms with van der Waals surface area (Å²) in [6.45, 7) is 5.36. The summed E-state index contributed by atoms with van der Waals surface area (Å²) in [6, 6.07) is 1.05. The molecular formula is C12H15BrF2N2O. The zero-order chi connectivity index (χ0) is 14.1. The maximum absolute atomic E-state index is 13.5. The van der Waals surface area contributed by atoms with E-state index in [9.17, 15) is 13.6 Å². The highest BCUT2D eigenvalue weighted by Crippen LogP contribution is 2.24. The van der Waals surface area contributed by atoms with Gasteiger partial charge in [0.25, 0.3) is 0 Å². The van der Waals surface area contributed by atoms with Crippen LogP contribution in [0.4, 0.5) is 14.5 Å². The molecule has 0 saturated carbocycles. The molecule has 1 atom stereocenters. The Morgan fingerprint density at radius 3 is 2.39 bits per heavy atom. The third-order valence-corrected chi connectivity index (χ3v) is 3.09. The topological polar surface area (TPSA) is 55.1 Å². The summed E-state index contributed by atoms with van der Waals surface area (Å²) >= 11 is 2.85. The van der Waals surface area contributed by atoms with Crippen LogP contribution in [0, 0.1) is 17.0 Å². The first-order chi connectivity index (χ1) is 8.12. The van der Waals surface area contributed by atoms with E-state index in [1.807, 2.05) is 0 Å². The van der Waals surface area contributed by atoms with Crippen LogP contribution >= 0.6 is 15.9 Å². The number of carbonyl (C=O) groups is 1. The van der Waals surface area contributed by atoms with Crippen LogP contribution in [0.25, 0.3) is 0 Å². The summed E-state index contributed by atoms with van der Waals surface area (Å²) in [5.41, 5.74) is 5.04. The Labute approximate surface area is 113 Å². The second-order valence-electron chi connectivity index (χ2n) is 5.08. The summed E-state index contributed by atoms with van der Waals surface area (Å²) in [7, 11) is 0. The molecule has 0 radical (unpaired) electrons. The third kappa shape index (κ3) is 3.49. The van der Waals surface area contributed by atoms with Gasteiger partial charge in [-0.15, -0.1) is 0 Å². The Morgan fingerprint density at radius 2 is 1.89 bits per heavy atom. The van der Waals surface area contributed by atoms with E-state index >= 15 is 0 Å². The minimum Gasteiger partial charge on any atom is -0.322 e. The van der Waals surface area contributed by atoms with Crippen LogP contribution < -0.4 is 11.1 Å². The predicted molar refractivity (Wildman–Crippen MR) is 70.1 cm³/mol. The van der Waals surface area contributed by atoms with Gasteiger partial charge in [-0.25, -0.2) is 8.78 Å². The lowest BCUT2D eigenvalue weighted by molar-refractivity contribution is -0.119. The van der Waals surface area contributed by atoms with Crippen molar-refractivity contribution in [2.24, 2.45) is 11.1 Å². The molecule has 18 heavy (non-hydrogen) atoms. The number of anilines is 1. The van der Waals surface area contributed by atoms with Crippen molar-refractivity contribution < 1.29 is 13.6 Å². The Hall–Kier alpha value is -1.01. The number of amides is 1. The van der Waals surface area contributed by atoms with Gasteiger partial charge in [-0.1, -0.05) is 20.8 Å². The van der Waals surface area contributed by atoms with Crippen LogP contribution in [-0.4, -0.2) is 11.9 Å². The average Bonchev–Trinajstić information content (AvgIpc) is 2.23. The van der Waals surface area contributed by atoms with Crippen molar-refractivity contribution in [1.29, 1.82) is 0 Å². The summed E-state index contributed by atoms with van der Waals surface area (Å²) < 4.78 is 26.7. The number of benzene rings is 1. The molecule has 0 saturated heterocycles. The number of hydrogen-bond donors (Lipinski definition) is 2. The summed E-state index contributed by atoms with van der Waals surface area (Å²) in [5, 5.41) is 2.28. The number of nitrogens with one attached hydrogen (secondary N) is 1. The SMILES string of the molecule is CC(C)(C)C(N)C(=O)Nc1cc(F)c(Br)cc1F. The second kappa shape index (κ2) is 5.32. The molecule has 1 unspecified atom stereocenters. The molecule has 0 heterocycles. The Balaban J connectivity index is 2.92. The van der Waals surface area contributed by atoms with Gasteiger partial charge in [0.15, 0.2) is 0 Å². The van der Waals surface area contributed by atoms with E-state index in [0.29, 0.717) is 0 Å². The Morgan fingerprint density at radius 1 is 1.33 bits per heavy atom. The first-order valence-electron chi connectivity index (χ1n) is 5.34. The zero-order valence-corrected chi connectivity index (χ0v) is 11.9. The second-order valence-corrected chi connectivity index (χ2v) is 5.93. The number of carbonyl (C=O) groups excluding carboxylic acids is 1. The van der Waals surface area contributed by atoms with Gasteiger partial charge in [-0.05, 0) is 27.4 Å². The zero-order valence-electron chi connectivity index (χ0n) is 10.4. The lowest BCUT2D eigenvalue weighted by Gasteiger charge is -2.25. The summed E-state index contributed by atoms with van der Waals surface area (Å²) in [5.74, 6) is -1.93. The number of nitrogens with two attached hydrogens (primary N) is 1. The minimum atomic E-state index is -0.816. The maximum Gasteiger partial charge on any atom is 0.241 e. The fraction of sp³-hybridized carbons (Fsp3) is 0.417. The lowest BCUT2D eigenvalue weighted by Crippen LogP contribution is -2.45. The van der Waals surface area contributed by atoms with Crippen LogP contribution in [0.15, 0.2) is 16.6 Å². The lowest BCUT2D eigenvalue weighted by atomic mass is 9.87. The highest BCUT2D eigenvalue weighted by Gasteiger charge is 2.28. The molecule has 1 rings (SSSR count). The largest absolute Gasteiger partial charge is 0.322 e. The standard InChI is InChI=1S/C12H15BrF2N2O/c1-12(2,3)10(16)11(18)17-9-5-7(14)6(13)4-8(9)15/h4-5,10H,16H2,1-3H3,(H,17,18). The van der Waals surface area contributed by atoms with Crippen molar-refractivity contribution >= 4 is 27.5 Å². The Kier molecular flexibility index (Phi) is 4.45. The van der Waals surface area contributed by atoms with E-state index in [2.05, 4.69) is 21.2 Å². The van der Waals surface area contributed by atoms with Crippen molar-refractivity contribution in [2.75, 3.05) is 5.32 Å². The first kappa shape index (κ1) is 15.0. The molecule has 0 spiro atoms. The fourth-order valence-corrected chi connectivity index (χ4v) is 1.54. The van der Waals surface area contributed by atoms with Crippen LogP contribution in [0.3, 0.4) is 0 Å². The van der Waals surface area contributed by atoms with Crippen molar-refractivity contribution in [3.8, 4) is 0 Å². The average molecular weight is 321 g/mol. The molecule has 1 aromatic carbocycles. The van der Waals surface area contributed by atoms with Gasteiger partial charge in [0.1, 0.15) is 11.6 Å². The maximum atomic E-state index is 13.5. The van der Waals surface area contributed by atoms with E-state index in [-0.39, 0.29) is 10.2 Å². The van der Waals surface area contributed by atoms with Crippen molar-refractivity contribution in [3.05, 3.63) is 28.2 Å². The molecule has 0 aliphatic heterocycles. The molecule has 0 fully saturated rings. The normalized spacial score (nSPS) is 13.3. The van der Waals surface area contributed by atoms with Crippen molar-refractivity contribution in [3.63, 3.8) is 0 Å². The van der Waals surface area contributed by atoms with Crippen LogP contribution in [0.5, 0.6) is 0 Å². The molecule has 6 heteroatoms. The summed E-state index contributed by atoms with van der Waals surface area (Å²) in [4.78, 5) is 11.8. The van der Waals surface area contributed by atoms with Crippen LogP contribution in [0.1, 0.15) is 20.8 Å². The number of rotatable bonds is 2. The van der Waals surface area contributed by atoms with E-state index < -0.39 is 29.0 Å². The summed E-state index contributed by atoms with van der Waals surface area (Å²) in [6.07, 6.45) is 0. The van der Waals surface area contributed by atoms with E-state index in [4.69, 9.17) is 5.73 Å². The van der Waals surface area contributed by atoms with Crippen molar-refractivity contribution in [2.45, 2.75) is 26.8 Å². The van der Waals surface area contributed by atoms with Gasteiger partial charge >= 0.3 is 0 Å². The van der Waals surface area contributed by atoms with Gasteiger partial charge in [-0.3, -0.25) is 4.79 Å². The van der Waals surface area contributed by atoms with Gasteiger partial charge in [0, 0.05) is 6.07 Å². The van der Waals surface area contributed by atoms with Gasteiger partial charge in [0.2, 0.25) is 5.91 Å². The molecule has 1 aromatic rings. The number of halogens is 3. The van der Waals surface area contributed by atoms with E-state index in [0.717, 1.165) is 12.1 Å². The molecule has 1 amide bonds. The smallest absolute Gasteiger partial charge is 0.241 e. The highest BCUT2D eigenvalue weighted by molar-refractivity contribution is 9.10. The van der Waals surface area contributed by atoms with E-state index in [1.54, 1.807) is 20.8 Å². The monoisotopic (exact) mass is 320 g/mol. The molecular weight excluding hydrogens is 306 g/mol. The molecule has 3 N–H and O–H groups in total. The quantitative estimate of drug-likeness (QED) is 0.823.